The second kappa shape index (κ2) is 4.60. The smallest absolute Gasteiger partial charge is 0.194 e. The number of carbonyl (C=O) groups excluding carboxylic acids is 1. The van der Waals surface area contributed by atoms with E-state index in [0.717, 1.165) is 18.6 Å². The summed E-state index contributed by atoms with van der Waals surface area (Å²) in [5.41, 5.74) is 0.793. The third-order valence-corrected chi connectivity index (χ3v) is 2.45. The Morgan fingerprint density at radius 1 is 1.47 bits per heavy atom. The van der Waals surface area contributed by atoms with Gasteiger partial charge in [-0.05, 0) is 27.2 Å². The molecule has 0 saturated heterocycles. The maximum Gasteiger partial charge on any atom is 0.194 e. The van der Waals surface area contributed by atoms with Crippen LogP contribution in [-0.2, 0) is 9.53 Å². The van der Waals surface area contributed by atoms with Crippen molar-refractivity contribution in [2.75, 3.05) is 6.61 Å². The molecule has 0 unspecified atom stereocenters. The molecular formula is C12H19NO2. The zero-order chi connectivity index (χ0) is 11.5. The summed E-state index contributed by atoms with van der Waals surface area (Å²) in [7, 11) is 0. The Morgan fingerprint density at radius 3 is 2.60 bits per heavy atom. The number of nitrogens with zero attached hydrogens (tertiary/aromatic N) is 1. The Labute approximate surface area is 91.2 Å². The Kier molecular flexibility index (Phi) is 3.66. The van der Waals surface area contributed by atoms with Crippen molar-refractivity contribution in [3.05, 3.63) is 11.8 Å². The standard InChI is InChI=1S/C12H19NO2/c1-5-6-7-15-8-10-9(2)13-12(3,4)11(10)14/h8H,5-7H2,1-4H3. The lowest BCUT2D eigenvalue weighted by Gasteiger charge is -2.10. The van der Waals surface area contributed by atoms with E-state index in [1.807, 2.05) is 20.8 Å². The molecule has 3 heteroatoms. The number of unbranched alkanes of at least 4 members (excludes halogenated alkanes) is 1. The van der Waals surface area contributed by atoms with Crippen LogP contribution in [0.15, 0.2) is 16.8 Å². The first-order valence-corrected chi connectivity index (χ1v) is 5.42. The summed E-state index contributed by atoms with van der Waals surface area (Å²) in [4.78, 5) is 16.1. The van der Waals surface area contributed by atoms with E-state index < -0.39 is 5.54 Å². The molecule has 0 bridgehead atoms. The monoisotopic (exact) mass is 209 g/mol. The van der Waals surface area contributed by atoms with Crippen LogP contribution in [0.2, 0.25) is 0 Å². The summed E-state index contributed by atoms with van der Waals surface area (Å²) in [6.07, 6.45) is 3.67. The van der Waals surface area contributed by atoms with E-state index in [0.29, 0.717) is 12.2 Å². The van der Waals surface area contributed by atoms with E-state index >= 15 is 0 Å². The zero-order valence-electron chi connectivity index (χ0n) is 9.96. The van der Waals surface area contributed by atoms with Gasteiger partial charge in [-0.15, -0.1) is 0 Å². The zero-order valence-corrected chi connectivity index (χ0v) is 9.96. The first-order chi connectivity index (χ1) is 6.99. The van der Waals surface area contributed by atoms with Gasteiger partial charge in [-0.1, -0.05) is 13.3 Å². The first kappa shape index (κ1) is 12.0. The van der Waals surface area contributed by atoms with Crippen LogP contribution in [0.5, 0.6) is 0 Å². The molecule has 0 aromatic heterocycles. The SMILES string of the molecule is CCCCOC=C1C(=O)C(C)(C)N=C1C. The van der Waals surface area contributed by atoms with Crippen LogP contribution in [0.4, 0.5) is 0 Å². The van der Waals surface area contributed by atoms with Crippen LogP contribution < -0.4 is 0 Å². The van der Waals surface area contributed by atoms with E-state index in [9.17, 15) is 4.79 Å². The van der Waals surface area contributed by atoms with Gasteiger partial charge in [-0.2, -0.15) is 0 Å². The lowest BCUT2D eigenvalue weighted by Crippen LogP contribution is -2.25. The van der Waals surface area contributed by atoms with Gasteiger partial charge in [0.2, 0.25) is 0 Å². The predicted octanol–water partition coefficient (Wildman–Crippen LogP) is 2.51. The van der Waals surface area contributed by atoms with Gasteiger partial charge < -0.3 is 4.74 Å². The van der Waals surface area contributed by atoms with Crippen LogP contribution in [0, 0.1) is 0 Å². The highest BCUT2D eigenvalue weighted by Crippen LogP contribution is 2.25. The molecule has 0 atom stereocenters. The van der Waals surface area contributed by atoms with Crippen molar-refractivity contribution in [3.8, 4) is 0 Å². The van der Waals surface area contributed by atoms with Crippen molar-refractivity contribution >= 4 is 11.5 Å². The molecule has 1 rings (SSSR count). The molecule has 1 aliphatic rings. The summed E-state index contributed by atoms with van der Waals surface area (Å²) < 4.78 is 5.33. The third-order valence-electron chi connectivity index (χ3n) is 2.45. The van der Waals surface area contributed by atoms with Crippen molar-refractivity contribution in [3.63, 3.8) is 0 Å². The molecule has 1 heterocycles. The molecule has 0 amide bonds. The molecule has 0 spiro atoms. The molecular weight excluding hydrogens is 190 g/mol. The fourth-order valence-corrected chi connectivity index (χ4v) is 1.53. The predicted molar refractivity (Wildman–Crippen MR) is 61.1 cm³/mol. The van der Waals surface area contributed by atoms with E-state index in [1.54, 1.807) is 6.26 Å². The molecule has 0 N–H and O–H groups in total. The highest BCUT2D eigenvalue weighted by Gasteiger charge is 2.37. The lowest BCUT2D eigenvalue weighted by molar-refractivity contribution is -0.118. The van der Waals surface area contributed by atoms with Gasteiger partial charge in [0.05, 0.1) is 18.4 Å². The van der Waals surface area contributed by atoms with Crippen molar-refractivity contribution < 1.29 is 9.53 Å². The number of ether oxygens (including phenoxy) is 1. The normalized spacial score (nSPS) is 22.0. The third kappa shape index (κ3) is 2.67. The van der Waals surface area contributed by atoms with E-state index in [-0.39, 0.29) is 5.78 Å². The number of carbonyl (C=O) groups is 1. The number of Topliss-reactive ketones (excluding diaryl/α,β-unsaturated/α-hetero) is 1. The van der Waals surface area contributed by atoms with Crippen LogP contribution in [0.25, 0.3) is 0 Å². The molecule has 15 heavy (non-hydrogen) atoms. The molecule has 0 radical (unpaired) electrons. The minimum Gasteiger partial charge on any atom is -0.500 e. The molecule has 84 valence electrons. The van der Waals surface area contributed by atoms with Gasteiger partial charge in [0.1, 0.15) is 5.54 Å². The highest BCUT2D eigenvalue weighted by molar-refractivity contribution is 6.28. The Morgan fingerprint density at radius 2 is 2.13 bits per heavy atom. The van der Waals surface area contributed by atoms with Crippen LogP contribution in [0.3, 0.4) is 0 Å². The maximum absolute atomic E-state index is 11.8. The number of hydrogen-bond acceptors (Lipinski definition) is 3. The Balaban J connectivity index is 2.64. The summed E-state index contributed by atoms with van der Waals surface area (Å²) in [6, 6.07) is 0. The van der Waals surface area contributed by atoms with E-state index in [1.165, 1.54) is 0 Å². The quantitative estimate of drug-likeness (QED) is 0.405. The molecule has 0 fully saturated rings. The Bertz CT molecular complexity index is 314. The first-order valence-electron chi connectivity index (χ1n) is 5.42. The number of ketones is 1. The van der Waals surface area contributed by atoms with Gasteiger partial charge in [-0.25, -0.2) is 0 Å². The Hall–Kier alpha value is -1.12. The molecule has 3 nitrogen and oxygen atoms in total. The second-order valence-electron chi connectivity index (χ2n) is 4.34. The summed E-state index contributed by atoms with van der Waals surface area (Å²) in [6.45, 7) is 8.27. The van der Waals surface area contributed by atoms with Crippen LogP contribution >= 0.6 is 0 Å². The van der Waals surface area contributed by atoms with Crippen LogP contribution in [0.1, 0.15) is 40.5 Å². The molecule has 1 aliphatic heterocycles. The highest BCUT2D eigenvalue weighted by atomic mass is 16.5. The minimum atomic E-state index is -0.607. The second-order valence-corrected chi connectivity index (χ2v) is 4.34. The van der Waals surface area contributed by atoms with Gasteiger partial charge in [-0.3, -0.25) is 9.79 Å². The number of aliphatic imine (C=N–C) groups is 1. The van der Waals surface area contributed by atoms with Gasteiger partial charge in [0.25, 0.3) is 0 Å². The number of hydrogen-bond donors (Lipinski definition) is 0. The maximum atomic E-state index is 11.8. The molecule has 0 aromatic carbocycles. The van der Waals surface area contributed by atoms with Gasteiger partial charge in [0, 0.05) is 5.71 Å². The minimum absolute atomic E-state index is 0.0523. The largest absolute Gasteiger partial charge is 0.500 e. The summed E-state index contributed by atoms with van der Waals surface area (Å²) in [5.74, 6) is 0.0523. The number of rotatable bonds is 4. The van der Waals surface area contributed by atoms with E-state index in [4.69, 9.17) is 4.74 Å². The molecule has 0 saturated carbocycles. The van der Waals surface area contributed by atoms with Gasteiger partial charge >= 0.3 is 0 Å². The fourth-order valence-electron chi connectivity index (χ4n) is 1.53. The van der Waals surface area contributed by atoms with Crippen molar-refractivity contribution in [1.82, 2.24) is 0 Å². The van der Waals surface area contributed by atoms with E-state index in [2.05, 4.69) is 11.9 Å². The van der Waals surface area contributed by atoms with Crippen molar-refractivity contribution in [2.24, 2.45) is 4.99 Å². The summed E-state index contributed by atoms with van der Waals surface area (Å²) >= 11 is 0. The summed E-state index contributed by atoms with van der Waals surface area (Å²) in [5, 5.41) is 0. The average Bonchev–Trinajstić information content (AvgIpc) is 2.33. The average molecular weight is 209 g/mol. The fraction of sp³-hybridized carbons (Fsp3) is 0.667. The molecule has 0 aromatic rings. The topological polar surface area (TPSA) is 38.7 Å². The van der Waals surface area contributed by atoms with Gasteiger partial charge in [0.15, 0.2) is 5.78 Å². The van der Waals surface area contributed by atoms with Crippen LogP contribution in [-0.4, -0.2) is 23.6 Å². The van der Waals surface area contributed by atoms with Crippen molar-refractivity contribution in [2.45, 2.75) is 46.1 Å². The lowest BCUT2D eigenvalue weighted by atomic mass is 9.98. The molecule has 0 aliphatic carbocycles. The van der Waals surface area contributed by atoms with Crippen molar-refractivity contribution in [1.29, 1.82) is 0 Å².